The van der Waals surface area contributed by atoms with Crippen LogP contribution in [0.4, 0.5) is 0 Å². The lowest BCUT2D eigenvalue weighted by Crippen LogP contribution is -2.33. The highest BCUT2D eigenvalue weighted by molar-refractivity contribution is 6.46. The number of hydrogen-bond acceptors (Lipinski definition) is 3. The van der Waals surface area contributed by atoms with E-state index in [0.29, 0.717) is 5.54 Å². The number of rotatable bonds is 5. The Kier molecular flexibility index (Phi) is 4.21. The van der Waals surface area contributed by atoms with Gasteiger partial charge in [-0.3, -0.25) is 0 Å². The summed E-state index contributed by atoms with van der Waals surface area (Å²) in [6, 6.07) is 0. The maximum Gasteiger partial charge on any atom is 0.323 e. The molecule has 1 rings (SSSR count). The van der Waals surface area contributed by atoms with E-state index in [1.807, 2.05) is 0 Å². The van der Waals surface area contributed by atoms with Crippen molar-refractivity contribution in [2.24, 2.45) is 5.92 Å². The van der Waals surface area contributed by atoms with E-state index in [1.54, 1.807) is 14.2 Å². The van der Waals surface area contributed by atoms with Crippen LogP contribution in [0, 0.1) is 5.92 Å². The van der Waals surface area contributed by atoms with Gasteiger partial charge in [0.25, 0.3) is 0 Å². The van der Waals surface area contributed by atoms with Crippen LogP contribution in [0.25, 0.3) is 0 Å². The fourth-order valence-electron chi connectivity index (χ4n) is 1.62. The van der Waals surface area contributed by atoms with Crippen LogP contribution in [0.15, 0.2) is 0 Å². The molecule has 1 saturated heterocycles. The first kappa shape index (κ1) is 10.2. The van der Waals surface area contributed by atoms with Gasteiger partial charge < -0.3 is 13.6 Å². The van der Waals surface area contributed by atoms with E-state index in [0.717, 1.165) is 19.1 Å². The number of hydrogen-bond donors (Lipinski definition) is 0. The first-order valence-corrected chi connectivity index (χ1v) is 6.02. The molecule has 0 aromatic heterocycles. The third kappa shape index (κ3) is 2.55. The van der Waals surface area contributed by atoms with Gasteiger partial charge >= 0.3 is 9.28 Å². The summed E-state index contributed by atoms with van der Waals surface area (Å²) in [4.78, 5) is 0. The lowest BCUT2D eigenvalue weighted by atomic mass is 10.0. The van der Waals surface area contributed by atoms with Gasteiger partial charge in [0.05, 0.1) is 13.2 Å². The molecule has 0 amide bonds. The molecular weight excluding hydrogens is 172 g/mol. The second kappa shape index (κ2) is 4.96. The quantitative estimate of drug-likeness (QED) is 0.604. The van der Waals surface area contributed by atoms with Crippen LogP contribution in [-0.4, -0.2) is 36.7 Å². The van der Waals surface area contributed by atoms with Gasteiger partial charge in [0, 0.05) is 20.1 Å². The average Bonchev–Trinajstić information content (AvgIpc) is 1.99. The van der Waals surface area contributed by atoms with Crippen LogP contribution in [0.2, 0.25) is 5.54 Å². The number of ether oxygens (including phenoxy) is 1. The monoisotopic (exact) mass is 190 g/mol. The van der Waals surface area contributed by atoms with Crippen molar-refractivity contribution in [1.82, 2.24) is 0 Å². The van der Waals surface area contributed by atoms with Gasteiger partial charge in [-0.05, 0) is 12.0 Å². The maximum absolute atomic E-state index is 5.31. The molecule has 1 aliphatic heterocycles. The lowest BCUT2D eigenvalue weighted by molar-refractivity contribution is -0.0367. The second-order valence-electron chi connectivity index (χ2n) is 3.46. The van der Waals surface area contributed by atoms with Gasteiger partial charge in [-0.2, -0.15) is 0 Å². The zero-order valence-corrected chi connectivity index (χ0v) is 9.23. The normalized spacial score (nSPS) is 21.0. The van der Waals surface area contributed by atoms with Crippen LogP contribution in [0.1, 0.15) is 13.3 Å². The van der Waals surface area contributed by atoms with E-state index in [-0.39, 0.29) is 0 Å². The molecule has 4 heteroatoms. The molecule has 1 atom stereocenters. The SMILES string of the molecule is CO[SiH](OC)C(C)CC1COC1. The fourth-order valence-corrected chi connectivity index (χ4v) is 3.35. The van der Waals surface area contributed by atoms with Crippen molar-refractivity contribution in [3.05, 3.63) is 0 Å². The second-order valence-corrected chi connectivity index (χ2v) is 6.27. The Morgan fingerprint density at radius 3 is 2.33 bits per heavy atom. The third-order valence-electron chi connectivity index (χ3n) is 2.34. The molecule has 0 spiro atoms. The van der Waals surface area contributed by atoms with Crippen LogP contribution in [-0.2, 0) is 13.6 Å². The van der Waals surface area contributed by atoms with Gasteiger partial charge in [-0.25, -0.2) is 0 Å². The van der Waals surface area contributed by atoms with Crippen LogP contribution < -0.4 is 0 Å². The minimum absolute atomic E-state index is 0.592. The van der Waals surface area contributed by atoms with E-state index in [4.69, 9.17) is 13.6 Å². The Hall–Kier alpha value is 0.0969. The van der Waals surface area contributed by atoms with Gasteiger partial charge in [-0.1, -0.05) is 6.92 Å². The maximum atomic E-state index is 5.31. The molecule has 0 saturated carbocycles. The minimum atomic E-state index is -1.38. The van der Waals surface area contributed by atoms with Gasteiger partial charge in [0.15, 0.2) is 0 Å². The first-order valence-electron chi connectivity index (χ1n) is 4.41. The highest BCUT2D eigenvalue weighted by Gasteiger charge is 2.27. The van der Waals surface area contributed by atoms with Crippen molar-refractivity contribution in [2.75, 3.05) is 27.4 Å². The molecule has 0 aromatic rings. The Labute approximate surface area is 75.9 Å². The Morgan fingerprint density at radius 2 is 2.00 bits per heavy atom. The predicted octanol–water partition coefficient (Wildman–Crippen LogP) is 0.926. The molecule has 3 nitrogen and oxygen atoms in total. The van der Waals surface area contributed by atoms with E-state index in [9.17, 15) is 0 Å². The summed E-state index contributed by atoms with van der Waals surface area (Å²) >= 11 is 0. The van der Waals surface area contributed by atoms with Crippen molar-refractivity contribution >= 4 is 9.28 Å². The zero-order valence-electron chi connectivity index (χ0n) is 8.08. The molecule has 0 bridgehead atoms. The summed E-state index contributed by atoms with van der Waals surface area (Å²) in [6.45, 7) is 4.07. The molecular formula is C8H18O3Si. The molecule has 12 heavy (non-hydrogen) atoms. The molecule has 1 aliphatic rings. The first-order chi connectivity index (χ1) is 5.77. The summed E-state index contributed by atoms with van der Waals surface area (Å²) < 4.78 is 15.7. The third-order valence-corrected chi connectivity index (χ3v) is 4.47. The van der Waals surface area contributed by atoms with Crippen LogP contribution in [0.5, 0.6) is 0 Å². The van der Waals surface area contributed by atoms with E-state index < -0.39 is 9.28 Å². The molecule has 0 N–H and O–H groups in total. The molecule has 0 aromatic carbocycles. The van der Waals surface area contributed by atoms with E-state index >= 15 is 0 Å². The van der Waals surface area contributed by atoms with Crippen molar-refractivity contribution in [3.63, 3.8) is 0 Å². The molecule has 0 aliphatic carbocycles. The Balaban J connectivity index is 2.19. The van der Waals surface area contributed by atoms with Crippen LogP contribution >= 0.6 is 0 Å². The standard InChI is InChI=1S/C8H18O3Si/c1-7(12(9-2)10-3)4-8-5-11-6-8/h7-8,12H,4-6H2,1-3H3. The Morgan fingerprint density at radius 1 is 1.42 bits per heavy atom. The molecule has 1 unspecified atom stereocenters. The summed E-state index contributed by atoms with van der Waals surface area (Å²) in [5.41, 5.74) is 0.592. The van der Waals surface area contributed by atoms with Crippen molar-refractivity contribution < 1.29 is 13.6 Å². The topological polar surface area (TPSA) is 27.7 Å². The minimum Gasteiger partial charge on any atom is -0.400 e. The fraction of sp³-hybridized carbons (Fsp3) is 1.00. The average molecular weight is 190 g/mol. The molecule has 1 heterocycles. The van der Waals surface area contributed by atoms with Gasteiger partial charge in [0.2, 0.25) is 0 Å². The van der Waals surface area contributed by atoms with Crippen molar-refractivity contribution in [3.8, 4) is 0 Å². The molecule has 0 radical (unpaired) electrons. The smallest absolute Gasteiger partial charge is 0.323 e. The van der Waals surface area contributed by atoms with E-state index in [1.165, 1.54) is 6.42 Å². The summed E-state index contributed by atoms with van der Waals surface area (Å²) in [5.74, 6) is 0.750. The Bertz CT molecular complexity index is 123. The largest absolute Gasteiger partial charge is 0.400 e. The summed E-state index contributed by atoms with van der Waals surface area (Å²) in [6.07, 6.45) is 1.19. The zero-order chi connectivity index (χ0) is 8.97. The van der Waals surface area contributed by atoms with Crippen LogP contribution in [0.3, 0.4) is 0 Å². The summed E-state index contributed by atoms with van der Waals surface area (Å²) in [7, 11) is 2.11. The van der Waals surface area contributed by atoms with Crippen molar-refractivity contribution in [1.29, 1.82) is 0 Å². The van der Waals surface area contributed by atoms with Gasteiger partial charge in [-0.15, -0.1) is 0 Å². The lowest BCUT2D eigenvalue weighted by Gasteiger charge is -2.30. The molecule has 72 valence electrons. The van der Waals surface area contributed by atoms with Gasteiger partial charge in [0.1, 0.15) is 0 Å². The van der Waals surface area contributed by atoms with Crippen molar-refractivity contribution in [2.45, 2.75) is 18.9 Å². The highest BCUT2D eigenvalue weighted by Crippen LogP contribution is 2.25. The molecule has 1 fully saturated rings. The predicted molar refractivity (Wildman–Crippen MR) is 49.5 cm³/mol. The van der Waals surface area contributed by atoms with E-state index in [2.05, 4.69) is 6.92 Å². The summed E-state index contributed by atoms with van der Waals surface area (Å²) in [5, 5.41) is 0. The highest BCUT2D eigenvalue weighted by atomic mass is 28.3.